The molecule has 0 radical (unpaired) electrons. The molecule has 1 fully saturated rings. The van der Waals surface area contributed by atoms with Crippen molar-refractivity contribution in [3.8, 4) is 0 Å². The van der Waals surface area contributed by atoms with Crippen LogP contribution < -0.4 is 5.32 Å². The van der Waals surface area contributed by atoms with Crippen LogP contribution in [0.2, 0.25) is 0 Å². The first-order chi connectivity index (χ1) is 10.3. The largest absolute Gasteiger partial charge is 0.384 e. The Morgan fingerprint density at radius 2 is 2.24 bits per heavy atom. The van der Waals surface area contributed by atoms with Gasteiger partial charge in [0.05, 0.1) is 11.3 Å². The van der Waals surface area contributed by atoms with Crippen LogP contribution in [0.5, 0.6) is 0 Å². The van der Waals surface area contributed by atoms with Gasteiger partial charge in [0.15, 0.2) is 0 Å². The summed E-state index contributed by atoms with van der Waals surface area (Å²) < 4.78 is 0. The summed E-state index contributed by atoms with van der Waals surface area (Å²) in [6, 6.07) is 1.90. The zero-order valence-corrected chi connectivity index (χ0v) is 13.3. The van der Waals surface area contributed by atoms with Crippen molar-refractivity contribution in [2.24, 2.45) is 5.92 Å². The molecule has 1 aromatic rings. The van der Waals surface area contributed by atoms with Gasteiger partial charge >= 0.3 is 0 Å². The molecule has 1 amide bonds. The SMILES string of the molecule is CCCNc1ccncc1C(=O)N1CCCC(CC)CC1. The average molecular weight is 289 g/mol. The van der Waals surface area contributed by atoms with Gasteiger partial charge in [0.2, 0.25) is 0 Å². The van der Waals surface area contributed by atoms with Crippen LogP contribution in [0.1, 0.15) is 56.3 Å². The quantitative estimate of drug-likeness (QED) is 0.901. The van der Waals surface area contributed by atoms with Crippen LogP contribution in [0.4, 0.5) is 5.69 Å². The van der Waals surface area contributed by atoms with E-state index in [1.165, 1.54) is 12.8 Å². The van der Waals surface area contributed by atoms with E-state index in [9.17, 15) is 4.79 Å². The number of pyridine rings is 1. The van der Waals surface area contributed by atoms with Gasteiger partial charge in [0.25, 0.3) is 5.91 Å². The van der Waals surface area contributed by atoms with Crippen molar-refractivity contribution >= 4 is 11.6 Å². The van der Waals surface area contributed by atoms with Crippen LogP contribution in [0.25, 0.3) is 0 Å². The molecule has 4 nitrogen and oxygen atoms in total. The third-order valence-electron chi connectivity index (χ3n) is 4.33. The molecule has 1 atom stereocenters. The molecule has 4 heteroatoms. The second-order valence-electron chi connectivity index (χ2n) is 5.85. The summed E-state index contributed by atoms with van der Waals surface area (Å²) in [6.45, 7) is 6.99. The Kier molecular flexibility index (Phi) is 6.03. The van der Waals surface area contributed by atoms with E-state index in [0.717, 1.165) is 50.5 Å². The van der Waals surface area contributed by atoms with Crippen molar-refractivity contribution in [3.05, 3.63) is 24.0 Å². The zero-order chi connectivity index (χ0) is 15.1. The standard InChI is InChI=1S/C17H27N3O/c1-3-9-19-16-7-10-18-13-15(16)17(21)20-11-5-6-14(4-2)8-12-20/h7,10,13-14H,3-6,8-9,11-12H2,1-2H3,(H,18,19). The summed E-state index contributed by atoms with van der Waals surface area (Å²) in [5.74, 6) is 0.896. The summed E-state index contributed by atoms with van der Waals surface area (Å²) in [4.78, 5) is 18.9. The molecule has 0 aliphatic carbocycles. The maximum Gasteiger partial charge on any atom is 0.257 e. The molecule has 2 rings (SSSR count). The van der Waals surface area contributed by atoms with Crippen molar-refractivity contribution in [2.75, 3.05) is 25.0 Å². The van der Waals surface area contributed by atoms with Gasteiger partial charge in [-0.25, -0.2) is 0 Å². The number of hydrogen-bond donors (Lipinski definition) is 1. The molecule has 1 N–H and O–H groups in total. The Morgan fingerprint density at radius 3 is 3.00 bits per heavy atom. The van der Waals surface area contributed by atoms with Crippen LogP contribution >= 0.6 is 0 Å². The van der Waals surface area contributed by atoms with Crippen molar-refractivity contribution < 1.29 is 4.79 Å². The predicted molar refractivity (Wildman–Crippen MR) is 86.6 cm³/mol. The van der Waals surface area contributed by atoms with Crippen molar-refractivity contribution in [1.29, 1.82) is 0 Å². The highest BCUT2D eigenvalue weighted by Gasteiger charge is 2.22. The fourth-order valence-electron chi connectivity index (χ4n) is 2.93. The second kappa shape index (κ2) is 8.01. The van der Waals surface area contributed by atoms with Gasteiger partial charge < -0.3 is 10.2 Å². The van der Waals surface area contributed by atoms with Gasteiger partial charge in [-0.1, -0.05) is 20.3 Å². The fourth-order valence-corrected chi connectivity index (χ4v) is 2.93. The normalized spacial score (nSPS) is 19.1. The number of aromatic nitrogens is 1. The summed E-state index contributed by atoms with van der Waals surface area (Å²) in [7, 11) is 0. The molecule has 116 valence electrons. The lowest BCUT2D eigenvalue weighted by molar-refractivity contribution is 0.0760. The van der Waals surface area contributed by atoms with E-state index in [2.05, 4.69) is 24.1 Å². The molecule has 21 heavy (non-hydrogen) atoms. The first kappa shape index (κ1) is 15.8. The minimum Gasteiger partial charge on any atom is -0.384 e. The van der Waals surface area contributed by atoms with Gasteiger partial charge in [-0.15, -0.1) is 0 Å². The van der Waals surface area contributed by atoms with Gasteiger partial charge in [-0.2, -0.15) is 0 Å². The Hall–Kier alpha value is -1.58. The molecule has 1 aliphatic rings. The lowest BCUT2D eigenvalue weighted by atomic mass is 9.98. The average Bonchev–Trinajstić information content (AvgIpc) is 2.78. The Bertz CT molecular complexity index is 461. The van der Waals surface area contributed by atoms with Gasteiger partial charge in [0.1, 0.15) is 0 Å². The number of carbonyl (C=O) groups is 1. The predicted octanol–water partition coefficient (Wildman–Crippen LogP) is 3.56. The first-order valence-electron chi connectivity index (χ1n) is 8.23. The molecule has 2 heterocycles. The van der Waals surface area contributed by atoms with Crippen molar-refractivity contribution in [1.82, 2.24) is 9.88 Å². The van der Waals surface area contributed by atoms with E-state index in [1.807, 2.05) is 11.0 Å². The van der Waals surface area contributed by atoms with Crippen LogP contribution in [-0.4, -0.2) is 35.4 Å². The highest BCUT2D eigenvalue weighted by Crippen LogP contribution is 2.23. The summed E-state index contributed by atoms with van der Waals surface area (Å²) >= 11 is 0. The number of rotatable bonds is 5. The maximum absolute atomic E-state index is 12.8. The molecule has 0 saturated carbocycles. The van der Waals surface area contributed by atoms with Crippen LogP contribution in [0.3, 0.4) is 0 Å². The van der Waals surface area contributed by atoms with E-state index in [1.54, 1.807) is 12.4 Å². The summed E-state index contributed by atoms with van der Waals surface area (Å²) in [6.07, 6.45) is 9.18. The molecule has 1 aliphatic heterocycles. The van der Waals surface area contributed by atoms with Crippen LogP contribution in [0, 0.1) is 5.92 Å². The van der Waals surface area contributed by atoms with Gasteiger partial charge in [-0.05, 0) is 37.7 Å². The lowest BCUT2D eigenvalue weighted by Gasteiger charge is -2.22. The molecule has 1 aromatic heterocycles. The maximum atomic E-state index is 12.8. The summed E-state index contributed by atoms with van der Waals surface area (Å²) in [5, 5.41) is 3.33. The van der Waals surface area contributed by atoms with Crippen LogP contribution in [-0.2, 0) is 0 Å². The molecular formula is C17H27N3O. The topological polar surface area (TPSA) is 45.2 Å². The van der Waals surface area contributed by atoms with Gasteiger partial charge in [-0.3, -0.25) is 9.78 Å². The smallest absolute Gasteiger partial charge is 0.257 e. The van der Waals surface area contributed by atoms with E-state index < -0.39 is 0 Å². The number of likely N-dealkylation sites (tertiary alicyclic amines) is 1. The highest BCUT2D eigenvalue weighted by atomic mass is 16.2. The first-order valence-corrected chi connectivity index (χ1v) is 8.23. The molecule has 1 unspecified atom stereocenters. The lowest BCUT2D eigenvalue weighted by Crippen LogP contribution is -2.32. The molecule has 1 saturated heterocycles. The highest BCUT2D eigenvalue weighted by molar-refractivity contribution is 5.99. The van der Waals surface area contributed by atoms with E-state index in [-0.39, 0.29) is 5.91 Å². The summed E-state index contributed by atoms with van der Waals surface area (Å²) in [5.41, 5.74) is 1.62. The third kappa shape index (κ3) is 4.19. The number of nitrogens with zero attached hydrogens (tertiary/aromatic N) is 2. The fraction of sp³-hybridized carbons (Fsp3) is 0.647. The van der Waals surface area contributed by atoms with Gasteiger partial charge in [0, 0.05) is 32.0 Å². The Labute approximate surface area is 127 Å². The number of hydrogen-bond acceptors (Lipinski definition) is 3. The number of amides is 1. The minimum atomic E-state index is 0.124. The Balaban J connectivity index is 2.08. The number of anilines is 1. The number of carbonyl (C=O) groups excluding carboxylic acids is 1. The molecular weight excluding hydrogens is 262 g/mol. The van der Waals surface area contributed by atoms with E-state index in [4.69, 9.17) is 0 Å². The Morgan fingerprint density at radius 1 is 1.38 bits per heavy atom. The van der Waals surface area contributed by atoms with E-state index in [0.29, 0.717) is 5.56 Å². The second-order valence-corrected chi connectivity index (χ2v) is 5.85. The number of nitrogens with one attached hydrogen (secondary N) is 1. The van der Waals surface area contributed by atoms with E-state index >= 15 is 0 Å². The van der Waals surface area contributed by atoms with Crippen LogP contribution in [0.15, 0.2) is 18.5 Å². The van der Waals surface area contributed by atoms with Crippen molar-refractivity contribution in [3.63, 3.8) is 0 Å². The molecule has 0 spiro atoms. The van der Waals surface area contributed by atoms with Crippen molar-refractivity contribution in [2.45, 2.75) is 46.0 Å². The minimum absolute atomic E-state index is 0.124. The third-order valence-corrected chi connectivity index (χ3v) is 4.33. The monoisotopic (exact) mass is 289 g/mol. The molecule has 0 aromatic carbocycles. The zero-order valence-electron chi connectivity index (χ0n) is 13.3. The molecule has 0 bridgehead atoms.